The summed E-state index contributed by atoms with van der Waals surface area (Å²) in [5.41, 5.74) is -1.59. The molecule has 1 aromatic carbocycles. The van der Waals surface area contributed by atoms with E-state index in [9.17, 15) is 26.0 Å². The van der Waals surface area contributed by atoms with Crippen molar-refractivity contribution in [2.75, 3.05) is 13.1 Å². The fraction of sp³-hybridized carbons (Fsp3) is 0.455. The molecule has 2 rings (SSSR count). The number of sulfonamides is 1. The Labute approximate surface area is 125 Å². The second kappa shape index (κ2) is 6.47. The summed E-state index contributed by atoms with van der Waals surface area (Å²) < 4.78 is 77.0. The van der Waals surface area contributed by atoms with Crippen LogP contribution in [-0.4, -0.2) is 27.5 Å². The summed E-state index contributed by atoms with van der Waals surface area (Å²) in [6.45, 7) is 1.04. The Kier molecular flexibility index (Phi) is 5.59. The molecule has 0 amide bonds. The highest BCUT2D eigenvalue weighted by molar-refractivity contribution is 7.89. The summed E-state index contributed by atoms with van der Waals surface area (Å²) in [6, 6.07) is 1.25. The van der Waals surface area contributed by atoms with Crippen LogP contribution in [0, 0.1) is 5.82 Å². The predicted octanol–water partition coefficient (Wildman–Crippen LogP) is 1.91. The summed E-state index contributed by atoms with van der Waals surface area (Å²) in [7, 11) is -4.10. The minimum absolute atomic E-state index is 0. The van der Waals surface area contributed by atoms with Gasteiger partial charge in [0.05, 0.1) is 10.5 Å². The molecule has 2 N–H and O–H groups in total. The van der Waals surface area contributed by atoms with Crippen molar-refractivity contribution < 1.29 is 26.0 Å². The molecule has 0 aromatic heterocycles. The molecule has 1 atom stereocenters. The summed E-state index contributed by atoms with van der Waals surface area (Å²) in [5.74, 6) is -1.50. The van der Waals surface area contributed by atoms with Crippen LogP contribution in [0.25, 0.3) is 0 Å². The van der Waals surface area contributed by atoms with Crippen LogP contribution in [0.15, 0.2) is 23.1 Å². The minimum atomic E-state index is -4.94. The van der Waals surface area contributed by atoms with E-state index in [-0.39, 0.29) is 18.4 Å². The van der Waals surface area contributed by atoms with Crippen molar-refractivity contribution in [2.24, 2.45) is 0 Å². The van der Waals surface area contributed by atoms with Gasteiger partial charge in [-0.15, -0.1) is 12.4 Å². The van der Waals surface area contributed by atoms with Crippen molar-refractivity contribution >= 4 is 22.4 Å². The van der Waals surface area contributed by atoms with Crippen molar-refractivity contribution in [3.8, 4) is 0 Å². The molecule has 0 saturated carbocycles. The Morgan fingerprint density at radius 2 is 1.95 bits per heavy atom. The van der Waals surface area contributed by atoms with Crippen molar-refractivity contribution in [2.45, 2.75) is 23.5 Å². The number of halogens is 5. The van der Waals surface area contributed by atoms with Crippen molar-refractivity contribution in [1.82, 2.24) is 10.0 Å². The van der Waals surface area contributed by atoms with Gasteiger partial charge in [-0.3, -0.25) is 0 Å². The zero-order valence-corrected chi connectivity index (χ0v) is 12.2. The highest BCUT2D eigenvalue weighted by atomic mass is 35.5. The van der Waals surface area contributed by atoms with Crippen LogP contribution in [0.4, 0.5) is 17.6 Å². The third-order valence-corrected chi connectivity index (χ3v) is 4.45. The fourth-order valence-electron chi connectivity index (χ4n) is 1.93. The second-order valence-corrected chi connectivity index (χ2v) is 6.16. The Morgan fingerprint density at radius 1 is 1.29 bits per heavy atom. The van der Waals surface area contributed by atoms with Crippen LogP contribution in [0.2, 0.25) is 0 Å². The van der Waals surface area contributed by atoms with Gasteiger partial charge in [0.25, 0.3) is 0 Å². The first kappa shape index (κ1) is 18.1. The number of rotatable bonds is 3. The summed E-state index contributed by atoms with van der Waals surface area (Å²) in [4.78, 5) is -0.599. The molecule has 1 saturated heterocycles. The van der Waals surface area contributed by atoms with Gasteiger partial charge in [0.1, 0.15) is 5.82 Å². The molecule has 1 heterocycles. The largest absolute Gasteiger partial charge is 0.419 e. The number of alkyl halides is 3. The Morgan fingerprint density at radius 3 is 2.48 bits per heavy atom. The maximum Gasteiger partial charge on any atom is 0.419 e. The van der Waals surface area contributed by atoms with E-state index in [2.05, 4.69) is 10.0 Å². The third kappa shape index (κ3) is 4.29. The molecule has 120 valence electrons. The van der Waals surface area contributed by atoms with Gasteiger partial charge < -0.3 is 5.32 Å². The Balaban J connectivity index is 0.00000220. The normalized spacial score (nSPS) is 19.3. The monoisotopic (exact) mass is 348 g/mol. The molecule has 0 radical (unpaired) electrons. The van der Waals surface area contributed by atoms with E-state index in [1.54, 1.807) is 0 Å². The smallest absolute Gasteiger partial charge is 0.315 e. The van der Waals surface area contributed by atoms with E-state index in [0.717, 1.165) is 6.07 Å². The van der Waals surface area contributed by atoms with Gasteiger partial charge in [-0.25, -0.2) is 17.5 Å². The van der Waals surface area contributed by atoms with Crippen LogP contribution >= 0.6 is 12.4 Å². The topological polar surface area (TPSA) is 58.2 Å². The maximum atomic E-state index is 13.1. The second-order valence-electron chi connectivity index (χ2n) is 4.45. The van der Waals surface area contributed by atoms with Crippen LogP contribution < -0.4 is 10.0 Å². The highest BCUT2D eigenvalue weighted by Crippen LogP contribution is 2.32. The number of benzene rings is 1. The molecule has 10 heteroatoms. The number of hydrogen-bond acceptors (Lipinski definition) is 3. The van der Waals surface area contributed by atoms with Gasteiger partial charge in [0.2, 0.25) is 10.0 Å². The lowest BCUT2D eigenvalue weighted by Gasteiger charge is -2.14. The van der Waals surface area contributed by atoms with E-state index in [0.29, 0.717) is 31.6 Å². The average Bonchev–Trinajstić information content (AvgIpc) is 2.79. The molecule has 1 aromatic rings. The van der Waals surface area contributed by atoms with E-state index in [1.807, 2.05) is 0 Å². The van der Waals surface area contributed by atoms with Crippen molar-refractivity contribution in [3.63, 3.8) is 0 Å². The van der Waals surface area contributed by atoms with Gasteiger partial charge in [-0.05, 0) is 31.2 Å². The van der Waals surface area contributed by atoms with Gasteiger partial charge in [0, 0.05) is 12.6 Å². The number of hydrogen-bond donors (Lipinski definition) is 2. The number of nitrogens with one attached hydrogen (secondary N) is 2. The first-order chi connectivity index (χ1) is 9.20. The van der Waals surface area contributed by atoms with Crippen molar-refractivity contribution in [3.05, 3.63) is 29.6 Å². The Bertz CT molecular complexity index is 601. The van der Waals surface area contributed by atoms with E-state index in [4.69, 9.17) is 0 Å². The average molecular weight is 349 g/mol. The molecule has 4 nitrogen and oxygen atoms in total. The molecule has 21 heavy (non-hydrogen) atoms. The molecular weight excluding hydrogens is 336 g/mol. The van der Waals surface area contributed by atoms with Crippen LogP contribution in [0.5, 0.6) is 0 Å². The molecule has 0 bridgehead atoms. The first-order valence-corrected chi connectivity index (χ1v) is 7.28. The van der Waals surface area contributed by atoms with Gasteiger partial charge >= 0.3 is 6.18 Å². The molecule has 0 spiro atoms. The molecule has 0 aliphatic carbocycles. The maximum absolute atomic E-state index is 13.1. The molecule has 1 aliphatic heterocycles. The van der Waals surface area contributed by atoms with Gasteiger partial charge in [0.15, 0.2) is 0 Å². The standard InChI is InChI=1S/C11H12F4N2O2S.ClH/c12-10-2-1-8(5-9(10)11(13,14)15)20(18,19)17-7-3-4-16-6-7;/h1-2,5,7,16-17H,3-4,6H2;1H. The predicted molar refractivity (Wildman–Crippen MR) is 70.2 cm³/mol. The van der Waals surface area contributed by atoms with E-state index < -0.39 is 32.5 Å². The zero-order chi connectivity index (χ0) is 15.0. The van der Waals surface area contributed by atoms with Crippen LogP contribution in [-0.2, 0) is 16.2 Å². The third-order valence-electron chi connectivity index (χ3n) is 2.94. The zero-order valence-electron chi connectivity index (χ0n) is 10.6. The minimum Gasteiger partial charge on any atom is -0.315 e. The lowest BCUT2D eigenvalue weighted by molar-refractivity contribution is -0.140. The van der Waals surface area contributed by atoms with Crippen molar-refractivity contribution in [1.29, 1.82) is 0 Å². The quantitative estimate of drug-likeness (QED) is 0.820. The summed E-state index contributed by atoms with van der Waals surface area (Å²) >= 11 is 0. The Hall–Kier alpha value is -0.900. The SMILES string of the molecule is Cl.O=S(=O)(NC1CCNC1)c1ccc(F)c(C(F)(F)F)c1. The molecule has 1 fully saturated rings. The van der Waals surface area contributed by atoms with Gasteiger partial charge in [-0.2, -0.15) is 13.2 Å². The fourth-order valence-corrected chi connectivity index (χ4v) is 3.23. The van der Waals surface area contributed by atoms with Crippen LogP contribution in [0.3, 0.4) is 0 Å². The molecular formula is C11H13ClF4N2O2S. The lowest BCUT2D eigenvalue weighted by atomic mass is 10.2. The van der Waals surface area contributed by atoms with Gasteiger partial charge in [-0.1, -0.05) is 0 Å². The van der Waals surface area contributed by atoms with E-state index >= 15 is 0 Å². The molecule has 1 unspecified atom stereocenters. The lowest BCUT2D eigenvalue weighted by Crippen LogP contribution is -2.36. The van der Waals surface area contributed by atoms with Crippen LogP contribution in [0.1, 0.15) is 12.0 Å². The molecule has 1 aliphatic rings. The summed E-state index contributed by atoms with van der Waals surface area (Å²) in [6.07, 6.45) is -4.39. The highest BCUT2D eigenvalue weighted by Gasteiger charge is 2.35. The van der Waals surface area contributed by atoms with E-state index in [1.165, 1.54) is 0 Å². The first-order valence-electron chi connectivity index (χ1n) is 5.80. The summed E-state index contributed by atoms with van der Waals surface area (Å²) in [5, 5.41) is 2.92.